The highest BCUT2D eigenvalue weighted by atomic mass is 16.6. The summed E-state index contributed by atoms with van der Waals surface area (Å²) in [6.07, 6.45) is -0.787. The van der Waals surface area contributed by atoms with Crippen LogP contribution in [0.2, 0.25) is 0 Å². The number of aromatic nitrogens is 2. The first-order valence-corrected chi connectivity index (χ1v) is 5.92. The molecule has 0 aliphatic heterocycles. The number of amides is 1. The molecule has 2 rings (SSSR count). The number of aliphatic hydroxyl groups excluding tert-OH is 1. The predicted molar refractivity (Wildman–Crippen MR) is 67.4 cm³/mol. The summed E-state index contributed by atoms with van der Waals surface area (Å²) in [4.78, 5) is 11.9. The molecule has 2 aromatic rings. The van der Waals surface area contributed by atoms with Crippen LogP contribution in [0.5, 0.6) is 0 Å². The molecular weight excluding hydrogens is 246 g/mol. The lowest BCUT2D eigenvalue weighted by Crippen LogP contribution is -2.37. The molecule has 2 atom stereocenters. The van der Waals surface area contributed by atoms with Crippen molar-refractivity contribution in [1.82, 2.24) is 15.6 Å². The SMILES string of the molecule is Cc1nonc1C(=O)N[C@@H](C)[C@@H](O)c1ccccc1. The van der Waals surface area contributed by atoms with Crippen LogP contribution in [0.4, 0.5) is 0 Å². The Morgan fingerprint density at radius 3 is 2.58 bits per heavy atom. The van der Waals surface area contributed by atoms with Gasteiger partial charge in [0, 0.05) is 0 Å². The van der Waals surface area contributed by atoms with Crippen LogP contribution in [0, 0.1) is 6.92 Å². The lowest BCUT2D eigenvalue weighted by atomic mass is 10.0. The molecule has 0 aliphatic carbocycles. The summed E-state index contributed by atoms with van der Waals surface area (Å²) >= 11 is 0. The van der Waals surface area contributed by atoms with Gasteiger partial charge < -0.3 is 10.4 Å². The highest BCUT2D eigenvalue weighted by molar-refractivity contribution is 5.93. The van der Waals surface area contributed by atoms with Crippen LogP contribution in [-0.4, -0.2) is 27.4 Å². The zero-order chi connectivity index (χ0) is 13.8. The smallest absolute Gasteiger partial charge is 0.275 e. The summed E-state index contributed by atoms with van der Waals surface area (Å²) in [7, 11) is 0. The molecule has 0 radical (unpaired) electrons. The molecule has 2 N–H and O–H groups in total. The Kier molecular flexibility index (Phi) is 3.91. The number of rotatable bonds is 4. The van der Waals surface area contributed by atoms with Crippen LogP contribution < -0.4 is 5.32 Å². The minimum absolute atomic E-state index is 0.132. The van der Waals surface area contributed by atoms with E-state index in [-0.39, 0.29) is 5.69 Å². The Hall–Kier alpha value is -2.21. The average molecular weight is 261 g/mol. The Morgan fingerprint density at radius 1 is 1.32 bits per heavy atom. The Balaban J connectivity index is 2.03. The van der Waals surface area contributed by atoms with Crippen molar-refractivity contribution in [3.05, 3.63) is 47.3 Å². The van der Waals surface area contributed by atoms with Crippen molar-refractivity contribution in [2.24, 2.45) is 0 Å². The molecule has 6 heteroatoms. The van der Waals surface area contributed by atoms with Crippen LogP contribution in [-0.2, 0) is 0 Å². The van der Waals surface area contributed by atoms with Gasteiger partial charge in [0.2, 0.25) is 0 Å². The normalized spacial score (nSPS) is 13.8. The third-order valence-corrected chi connectivity index (χ3v) is 2.84. The largest absolute Gasteiger partial charge is 0.386 e. The number of benzene rings is 1. The van der Waals surface area contributed by atoms with Crippen LogP contribution in [0.3, 0.4) is 0 Å². The molecule has 0 spiro atoms. The van der Waals surface area contributed by atoms with Gasteiger partial charge in [-0.05, 0) is 24.6 Å². The van der Waals surface area contributed by atoms with Crippen molar-refractivity contribution >= 4 is 5.91 Å². The number of aliphatic hydroxyl groups is 1. The zero-order valence-electron chi connectivity index (χ0n) is 10.7. The number of carbonyl (C=O) groups excluding carboxylic acids is 1. The first-order chi connectivity index (χ1) is 9.09. The maximum absolute atomic E-state index is 11.9. The van der Waals surface area contributed by atoms with Gasteiger partial charge in [-0.3, -0.25) is 4.79 Å². The minimum Gasteiger partial charge on any atom is -0.386 e. The number of nitrogens with zero attached hydrogens (tertiary/aromatic N) is 2. The van der Waals surface area contributed by atoms with Crippen molar-refractivity contribution in [1.29, 1.82) is 0 Å². The van der Waals surface area contributed by atoms with E-state index in [0.29, 0.717) is 5.69 Å². The molecule has 0 saturated heterocycles. The van der Waals surface area contributed by atoms with Crippen LogP contribution in [0.25, 0.3) is 0 Å². The number of carbonyl (C=O) groups is 1. The highest BCUT2D eigenvalue weighted by Gasteiger charge is 2.22. The van der Waals surface area contributed by atoms with Crippen molar-refractivity contribution in [2.75, 3.05) is 0 Å². The maximum atomic E-state index is 11.9. The van der Waals surface area contributed by atoms with Gasteiger partial charge in [0.1, 0.15) is 5.69 Å². The van der Waals surface area contributed by atoms with Gasteiger partial charge in [-0.25, -0.2) is 4.63 Å². The van der Waals surface area contributed by atoms with Gasteiger partial charge >= 0.3 is 0 Å². The molecule has 100 valence electrons. The third kappa shape index (κ3) is 2.97. The number of aryl methyl sites for hydroxylation is 1. The molecule has 0 bridgehead atoms. The molecule has 1 amide bonds. The molecule has 1 aromatic carbocycles. The Labute approximate surface area is 110 Å². The molecular formula is C13H15N3O3. The van der Waals surface area contributed by atoms with E-state index < -0.39 is 18.1 Å². The molecule has 0 unspecified atom stereocenters. The minimum atomic E-state index is -0.787. The first-order valence-electron chi connectivity index (χ1n) is 5.92. The van der Waals surface area contributed by atoms with Crippen molar-refractivity contribution < 1.29 is 14.5 Å². The standard InChI is InChI=1S/C13H15N3O3/c1-8-11(16-19-15-8)13(18)14-9(2)12(17)10-6-4-3-5-7-10/h3-7,9,12,17H,1-2H3,(H,14,18)/t9-,12+/m0/s1. The summed E-state index contributed by atoms with van der Waals surface area (Å²) in [5.41, 5.74) is 1.29. The van der Waals surface area contributed by atoms with Gasteiger partial charge in [0.25, 0.3) is 5.91 Å². The summed E-state index contributed by atoms with van der Waals surface area (Å²) in [6.45, 7) is 3.35. The summed E-state index contributed by atoms with van der Waals surface area (Å²) in [6, 6.07) is 8.68. The van der Waals surface area contributed by atoms with E-state index in [1.807, 2.05) is 18.2 Å². The molecule has 0 fully saturated rings. The topological polar surface area (TPSA) is 88.2 Å². The van der Waals surface area contributed by atoms with Gasteiger partial charge in [0.05, 0.1) is 12.1 Å². The van der Waals surface area contributed by atoms with Gasteiger partial charge in [-0.2, -0.15) is 0 Å². The highest BCUT2D eigenvalue weighted by Crippen LogP contribution is 2.16. The van der Waals surface area contributed by atoms with E-state index >= 15 is 0 Å². The lowest BCUT2D eigenvalue weighted by Gasteiger charge is -2.20. The van der Waals surface area contributed by atoms with E-state index in [9.17, 15) is 9.90 Å². The van der Waals surface area contributed by atoms with Crippen molar-refractivity contribution in [3.63, 3.8) is 0 Å². The molecule has 19 heavy (non-hydrogen) atoms. The molecule has 1 aromatic heterocycles. The quantitative estimate of drug-likeness (QED) is 0.864. The zero-order valence-corrected chi connectivity index (χ0v) is 10.7. The fourth-order valence-corrected chi connectivity index (χ4v) is 1.73. The second-order valence-corrected chi connectivity index (χ2v) is 4.32. The molecule has 0 saturated carbocycles. The Bertz CT molecular complexity index is 553. The van der Waals surface area contributed by atoms with E-state index in [1.54, 1.807) is 26.0 Å². The first kappa shape index (κ1) is 13.2. The van der Waals surface area contributed by atoms with Gasteiger partial charge in [-0.15, -0.1) is 0 Å². The monoisotopic (exact) mass is 261 g/mol. The average Bonchev–Trinajstić information content (AvgIpc) is 2.85. The summed E-state index contributed by atoms with van der Waals surface area (Å²) in [5, 5.41) is 19.9. The van der Waals surface area contributed by atoms with Crippen LogP contribution in [0.15, 0.2) is 35.0 Å². The Morgan fingerprint density at radius 2 is 2.00 bits per heavy atom. The summed E-state index contributed by atoms with van der Waals surface area (Å²) < 4.78 is 4.47. The van der Waals surface area contributed by atoms with Crippen molar-refractivity contribution in [3.8, 4) is 0 Å². The van der Waals surface area contributed by atoms with Crippen LogP contribution >= 0.6 is 0 Å². The maximum Gasteiger partial charge on any atom is 0.275 e. The second kappa shape index (κ2) is 5.62. The second-order valence-electron chi connectivity index (χ2n) is 4.32. The van der Waals surface area contributed by atoms with Crippen molar-refractivity contribution in [2.45, 2.75) is 26.0 Å². The van der Waals surface area contributed by atoms with E-state index in [2.05, 4.69) is 20.3 Å². The van der Waals surface area contributed by atoms with Gasteiger partial charge in [-0.1, -0.05) is 35.5 Å². The fraction of sp³-hybridized carbons (Fsp3) is 0.308. The number of hydrogen-bond donors (Lipinski definition) is 2. The molecule has 0 aliphatic rings. The summed E-state index contributed by atoms with van der Waals surface area (Å²) in [5.74, 6) is -0.416. The van der Waals surface area contributed by atoms with E-state index in [0.717, 1.165) is 5.56 Å². The number of hydrogen-bond acceptors (Lipinski definition) is 5. The lowest BCUT2D eigenvalue weighted by molar-refractivity contribution is 0.0842. The van der Waals surface area contributed by atoms with E-state index in [1.165, 1.54) is 0 Å². The fourth-order valence-electron chi connectivity index (χ4n) is 1.73. The molecule has 1 heterocycles. The van der Waals surface area contributed by atoms with Gasteiger partial charge in [0.15, 0.2) is 5.69 Å². The molecule has 6 nitrogen and oxygen atoms in total. The van der Waals surface area contributed by atoms with Crippen LogP contribution in [0.1, 0.15) is 34.8 Å². The number of nitrogens with one attached hydrogen (secondary N) is 1. The third-order valence-electron chi connectivity index (χ3n) is 2.84. The predicted octanol–water partition coefficient (Wildman–Crippen LogP) is 1.23. The van der Waals surface area contributed by atoms with E-state index in [4.69, 9.17) is 0 Å².